The van der Waals surface area contributed by atoms with Crippen molar-refractivity contribution in [3.8, 4) is 0 Å². The van der Waals surface area contributed by atoms with Gasteiger partial charge in [0.1, 0.15) is 11.6 Å². The largest absolute Gasteiger partial charge is 0.300 e. The fraction of sp³-hybridized carbons (Fsp3) is 0.846. The summed E-state index contributed by atoms with van der Waals surface area (Å²) in [5.74, 6) is 0.576. The predicted octanol–water partition coefficient (Wildman–Crippen LogP) is 3.53. The lowest BCUT2D eigenvalue weighted by atomic mass is 9.77. The molecule has 0 aliphatic carbocycles. The van der Waals surface area contributed by atoms with Crippen molar-refractivity contribution in [2.45, 2.75) is 66.2 Å². The minimum atomic E-state index is -0.203. The fourth-order valence-corrected chi connectivity index (χ4v) is 1.77. The van der Waals surface area contributed by atoms with Crippen molar-refractivity contribution in [2.24, 2.45) is 5.41 Å². The average Bonchev–Trinajstić information content (AvgIpc) is 2.17. The first-order valence-electron chi connectivity index (χ1n) is 5.99. The Morgan fingerprint density at radius 3 is 2.13 bits per heavy atom. The van der Waals surface area contributed by atoms with E-state index in [9.17, 15) is 9.59 Å². The number of Topliss-reactive ketones (excluding diaryl/α,β-unsaturated/α-hetero) is 2. The third-order valence-electron chi connectivity index (χ3n) is 3.19. The Kier molecular flexibility index (Phi) is 6.46. The molecular formula is C13H24O2. The molecule has 0 spiro atoms. The van der Waals surface area contributed by atoms with Crippen LogP contribution in [0, 0.1) is 5.41 Å². The van der Waals surface area contributed by atoms with E-state index in [1.165, 1.54) is 0 Å². The smallest absolute Gasteiger partial charge is 0.138 e. The lowest BCUT2D eigenvalue weighted by molar-refractivity contribution is -0.129. The molecule has 1 atom stereocenters. The van der Waals surface area contributed by atoms with Crippen LogP contribution in [-0.4, -0.2) is 11.6 Å². The second kappa shape index (κ2) is 6.76. The Hall–Kier alpha value is -0.660. The molecule has 0 N–H and O–H groups in total. The highest BCUT2D eigenvalue weighted by Gasteiger charge is 2.29. The molecule has 0 aromatic carbocycles. The monoisotopic (exact) mass is 212 g/mol. The van der Waals surface area contributed by atoms with Crippen LogP contribution in [0.2, 0.25) is 0 Å². The summed E-state index contributed by atoms with van der Waals surface area (Å²) in [4.78, 5) is 22.7. The summed E-state index contributed by atoms with van der Waals surface area (Å²) in [5.41, 5.74) is -0.203. The lowest BCUT2D eigenvalue weighted by Gasteiger charge is -2.26. The van der Waals surface area contributed by atoms with Gasteiger partial charge in [-0.25, -0.2) is 0 Å². The van der Waals surface area contributed by atoms with E-state index in [0.29, 0.717) is 18.6 Å². The van der Waals surface area contributed by atoms with E-state index in [2.05, 4.69) is 6.92 Å². The van der Waals surface area contributed by atoms with Gasteiger partial charge in [0.25, 0.3) is 0 Å². The number of carbonyl (C=O) groups is 2. The van der Waals surface area contributed by atoms with Crippen LogP contribution < -0.4 is 0 Å². The van der Waals surface area contributed by atoms with Gasteiger partial charge in [0.15, 0.2) is 0 Å². The second-order valence-corrected chi connectivity index (χ2v) is 4.64. The van der Waals surface area contributed by atoms with E-state index in [1.54, 1.807) is 6.92 Å². The van der Waals surface area contributed by atoms with Gasteiger partial charge in [-0.3, -0.25) is 4.79 Å². The molecule has 0 aromatic rings. The Balaban J connectivity index is 4.17. The van der Waals surface area contributed by atoms with Crippen LogP contribution in [-0.2, 0) is 9.59 Å². The first-order valence-corrected chi connectivity index (χ1v) is 5.99. The minimum absolute atomic E-state index is 0.203. The zero-order chi connectivity index (χ0) is 11.9. The van der Waals surface area contributed by atoms with Gasteiger partial charge in [-0.2, -0.15) is 0 Å². The summed E-state index contributed by atoms with van der Waals surface area (Å²) in [6.45, 7) is 7.73. The SMILES string of the molecule is CCCC(=O)C(C)(CC)CCCC(C)=O. The van der Waals surface area contributed by atoms with Crippen molar-refractivity contribution in [1.82, 2.24) is 0 Å². The molecule has 0 radical (unpaired) electrons. The van der Waals surface area contributed by atoms with Gasteiger partial charge in [-0.05, 0) is 32.6 Å². The normalized spacial score (nSPS) is 14.7. The maximum Gasteiger partial charge on any atom is 0.138 e. The molecular weight excluding hydrogens is 188 g/mol. The molecule has 1 unspecified atom stereocenters. The average molecular weight is 212 g/mol. The van der Waals surface area contributed by atoms with E-state index in [-0.39, 0.29) is 11.2 Å². The first kappa shape index (κ1) is 14.3. The maximum absolute atomic E-state index is 11.9. The predicted molar refractivity (Wildman–Crippen MR) is 62.8 cm³/mol. The Bertz CT molecular complexity index is 221. The minimum Gasteiger partial charge on any atom is -0.300 e. The number of ketones is 2. The van der Waals surface area contributed by atoms with Crippen LogP contribution in [0.25, 0.3) is 0 Å². The topological polar surface area (TPSA) is 34.1 Å². The molecule has 15 heavy (non-hydrogen) atoms. The standard InChI is InChI=1S/C13H24O2/c1-5-8-12(15)13(4,6-2)10-7-9-11(3)14/h5-10H2,1-4H3. The molecule has 0 aromatic heterocycles. The Morgan fingerprint density at radius 2 is 1.73 bits per heavy atom. The maximum atomic E-state index is 11.9. The van der Waals surface area contributed by atoms with E-state index in [1.807, 2.05) is 13.8 Å². The van der Waals surface area contributed by atoms with Crippen LogP contribution in [0.4, 0.5) is 0 Å². The van der Waals surface area contributed by atoms with Crippen molar-refractivity contribution >= 4 is 11.6 Å². The van der Waals surface area contributed by atoms with Crippen LogP contribution in [0.15, 0.2) is 0 Å². The van der Waals surface area contributed by atoms with Crippen LogP contribution >= 0.6 is 0 Å². The fourth-order valence-electron chi connectivity index (χ4n) is 1.77. The van der Waals surface area contributed by atoms with E-state index < -0.39 is 0 Å². The van der Waals surface area contributed by atoms with Crippen molar-refractivity contribution in [2.75, 3.05) is 0 Å². The number of hydrogen-bond acceptors (Lipinski definition) is 2. The number of hydrogen-bond donors (Lipinski definition) is 0. The first-order chi connectivity index (χ1) is 6.96. The van der Waals surface area contributed by atoms with Gasteiger partial charge in [0.05, 0.1) is 0 Å². The number of carbonyl (C=O) groups excluding carboxylic acids is 2. The summed E-state index contributed by atoms with van der Waals surface area (Å²) in [7, 11) is 0. The highest BCUT2D eigenvalue weighted by molar-refractivity contribution is 5.84. The van der Waals surface area contributed by atoms with E-state index in [0.717, 1.165) is 25.7 Å². The molecule has 0 aliphatic heterocycles. The number of rotatable bonds is 8. The van der Waals surface area contributed by atoms with Gasteiger partial charge in [-0.15, -0.1) is 0 Å². The van der Waals surface area contributed by atoms with Crippen LogP contribution in [0.1, 0.15) is 66.2 Å². The summed E-state index contributed by atoms with van der Waals surface area (Å²) in [5, 5.41) is 0. The zero-order valence-electron chi connectivity index (χ0n) is 10.6. The van der Waals surface area contributed by atoms with Gasteiger partial charge in [0.2, 0.25) is 0 Å². The van der Waals surface area contributed by atoms with Gasteiger partial charge in [0, 0.05) is 18.3 Å². The summed E-state index contributed by atoms with van der Waals surface area (Å²) >= 11 is 0. The summed E-state index contributed by atoms with van der Waals surface area (Å²) in [6, 6.07) is 0. The highest BCUT2D eigenvalue weighted by atomic mass is 16.1. The van der Waals surface area contributed by atoms with Crippen LogP contribution in [0.5, 0.6) is 0 Å². The Labute approximate surface area is 93.4 Å². The van der Waals surface area contributed by atoms with Crippen molar-refractivity contribution in [1.29, 1.82) is 0 Å². The molecule has 0 rings (SSSR count). The van der Waals surface area contributed by atoms with Gasteiger partial charge >= 0.3 is 0 Å². The third kappa shape index (κ3) is 5.10. The molecule has 0 bridgehead atoms. The highest BCUT2D eigenvalue weighted by Crippen LogP contribution is 2.30. The van der Waals surface area contributed by atoms with E-state index in [4.69, 9.17) is 0 Å². The van der Waals surface area contributed by atoms with Crippen molar-refractivity contribution < 1.29 is 9.59 Å². The molecule has 0 heterocycles. The molecule has 0 fully saturated rings. The van der Waals surface area contributed by atoms with Crippen molar-refractivity contribution in [3.05, 3.63) is 0 Å². The lowest BCUT2D eigenvalue weighted by Crippen LogP contribution is -2.27. The zero-order valence-corrected chi connectivity index (χ0v) is 10.6. The molecule has 2 nitrogen and oxygen atoms in total. The molecule has 88 valence electrons. The van der Waals surface area contributed by atoms with Gasteiger partial charge < -0.3 is 4.79 Å². The van der Waals surface area contributed by atoms with Crippen LogP contribution in [0.3, 0.4) is 0 Å². The second-order valence-electron chi connectivity index (χ2n) is 4.64. The third-order valence-corrected chi connectivity index (χ3v) is 3.19. The molecule has 0 aliphatic rings. The molecule has 0 saturated carbocycles. The quantitative estimate of drug-likeness (QED) is 0.616. The molecule has 2 heteroatoms. The summed E-state index contributed by atoms with van der Waals surface area (Å²) in [6.07, 6.45) is 4.77. The Morgan fingerprint density at radius 1 is 1.13 bits per heavy atom. The summed E-state index contributed by atoms with van der Waals surface area (Å²) < 4.78 is 0. The van der Waals surface area contributed by atoms with E-state index >= 15 is 0 Å². The van der Waals surface area contributed by atoms with Gasteiger partial charge in [-0.1, -0.05) is 20.8 Å². The molecule has 0 amide bonds. The molecule has 0 saturated heterocycles. The van der Waals surface area contributed by atoms with Crippen molar-refractivity contribution in [3.63, 3.8) is 0 Å².